The number of aromatic nitrogens is 3. The summed E-state index contributed by atoms with van der Waals surface area (Å²) in [6.45, 7) is 4.48. The predicted molar refractivity (Wildman–Crippen MR) is 134 cm³/mol. The molecule has 3 heterocycles. The second kappa shape index (κ2) is 12.0. The van der Waals surface area contributed by atoms with Crippen LogP contribution in [0.25, 0.3) is 22.6 Å². The lowest BCUT2D eigenvalue weighted by molar-refractivity contribution is -0.121. The fourth-order valence-corrected chi connectivity index (χ4v) is 4.05. The molecule has 0 radical (unpaired) electrons. The minimum Gasteiger partial charge on any atom is -0.477 e. The number of nitrogens with zero attached hydrogens (tertiary/aromatic N) is 2. The third-order valence-corrected chi connectivity index (χ3v) is 6.16. The summed E-state index contributed by atoms with van der Waals surface area (Å²) in [6.07, 6.45) is 4.89. The fraction of sp³-hybridized carbons (Fsp3) is 0.385. The average Bonchev–Trinajstić information content (AvgIpc) is 2.88. The highest BCUT2D eigenvalue weighted by molar-refractivity contribution is 6.33. The molecule has 184 valence electrons. The third kappa shape index (κ3) is 6.90. The molecule has 0 saturated carbocycles. The summed E-state index contributed by atoms with van der Waals surface area (Å²) in [6, 6.07) is 10.4. The van der Waals surface area contributed by atoms with Crippen molar-refractivity contribution in [2.75, 3.05) is 19.8 Å². The van der Waals surface area contributed by atoms with Crippen LogP contribution in [-0.4, -0.2) is 40.7 Å². The maximum Gasteiger partial charge on any atom is 0.251 e. The van der Waals surface area contributed by atoms with E-state index in [0.717, 1.165) is 38.0 Å². The first-order chi connectivity index (χ1) is 17.0. The second-order valence-electron chi connectivity index (χ2n) is 8.57. The van der Waals surface area contributed by atoms with Crippen molar-refractivity contribution in [1.29, 1.82) is 0 Å². The molecule has 8 nitrogen and oxygen atoms in total. The van der Waals surface area contributed by atoms with Crippen molar-refractivity contribution in [2.24, 2.45) is 5.92 Å². The molecule has 0 bridgehead atoms. The van der Waals surface area contributed by atoms with Crippen LogP contribution in [0.5, 0.6) is 5.88 Å². The number of amides is 1. The lowest BCUT2D eigenvalue weighted by Crippen LogP contribution is -2.22. The monoisotopic (exact) mass is 496 g/mol. The smallest absolute Gasteiger partial charge is 0.251 e. The number of aromatic amines is 1. The van der Waals surface area contributed by atoms with Gasteiger partial charge in [-0.15, -0.1) is 0 Å². The zero-order valence-electron chi connectivity index (χ0n) is 19.7. The van der Waals surface area contributed by atoms with Crippen molar-refractivity contribution in [3.05, 3.63) is 63.5 Å². The fourth-order valence-electron chi connectivity index (χ4n) is 3.85. The first-order valence-corrected chi connectivity index (χ1v) is 12.2. The minimum absolute atomic E-state index is 0.00906. The number of H-pyrrole nitrogens is 1. The Labute approximate surface area is 209 Å². The summed E-state index contributed by atoms with van der Waals surface area (Å²) >= 11 is 6.43. The molecule has 1 aromatic carbocycles. The average molecular weight is 497 g/mol. The lowest BCUT2D eigenvalue weighted by Gasteiger charge is -2.21. The highest BCUT2D eigenvalue weighted by atomic mass is 35.5. The van der Waals surface area contributed by atoms with Crippen LogP contribution in [0.2, 0.25) is 5.02 Å². The zero-order chi connectivity index (χ0) is 24.6. The van der Waals surface area contributed by atoms with E-state index in [0.29, 0.717) is 59.0 Å². The Hall–Kier alpha value is -3.23. The van der Waals surface area contributed by atoms with Gasteiger partial charge >= 0.3 is 0 Å². The number of benzene rings is 1. The van der Waals surface area contributed by atoms with Crippen LogP contribution in [-0.2, 0) is 16.1 Å². The van der Waals surface area contributed by atoms with Gasteiger partial charge in [0, 0.05) is 55.6 Å². The lowest BCUT2D eigenvalue weighted by atomic mass is 10.0. The molecule has 35 heavy (non-hydrogen) atoms. The van der Waals surface area contributed by atoms with E-state index >= 15 is 0 Å². The maximum atomic E-state index is 12.4. The van der Waals surface area contributed by atoms with Crippen LogP contribution in [0.4, 0.5) is 0 Å². The normalized spacial score (nSPS) is 14.0. The van der Waals surface area contributed by atoms with Crippen molar-refractivity contribution < 1.29 is 14.3 Å². The van der Waals surface area contributed by atoms with Crippen LogP contribution >= 0.6 is 11.6 Å². The van der Waals surface area contributed by atoms with E-state index in [9.17, 15) is 9.59 Å². The Morgan fingerprint density at radius 1 is 1.23 bits per heavy atom. The number of carbonyl (C=O) groups is 1. The van der Waals surface area contributed by atoms with E-state index in [1.165, 1.54) is 6.07 Å². The van der Waals surface area contributed by atoms with E-state index < -0.39 is 0 Å². The van der Waals surface area contributed by atoms with Gasteiger partial charge in [0.25, 0.3) is 5.56 Å². The minimum atomic E-state index is -0.303. The van der Waals surface area contributed by atoms with Crippen LogP contribution < -0.4 is 15.6 Å². The van der Waals surface area contributed by atoms with Crippen molar-refractivity contribution >= 4 is 17.5 Å². The molecule has 0 atom stereocenters. The molecule has 1 aliphatic rings. The molecule has 1 aliphatic heterocycles. The number of carbonyl (C=O) groups excluding carboxylic acids is 1. The number of rotatable bonds is 9. The van der Waals surface area contributed by atoms with Crippen LogP contribution in [0.15, 0.2) is 47.4 Å². The van der Waals surface area contributed by atoms with Crippen molar-refractivity contribution in [3.8, 4) is 28.5 Å². The SMILES string of the molecule is CCCC(=O)NCc1ccc(Cl)c(-c2nc(-c3ccc(OCC4CCOCC4)nc3)cc(=O)[nH]2)c1. The van der Waals surface area contributed by atoms with Gasteiger partial charge in [0.05, 0.1) is 17.3 Å². The second-order valence-corrected chi connectivity index (χ2v) is 8.98. The van der Waals surface area contributed by atoms with Crippen LogP contribution in [0, 0.1) is 5.92 Å². The van der Waals surface area contributed by atoms with Gasteiger partial charge < -0.3 is 19.8 Å². The summed E-state index contributed by atoms with van der Waals surface area (Å²) in [4.78, 5) is 36.0. The molecular formula is C26H29ClN4O4. The molecule has 0 aliphatic carbocycles. The molecule has 3 aromatic rings. The Morgan fingerprint density at radius 2 is 2.06 bits per heavy atom. The molecule has 4 rings (SSSR count). The number of nitrogens with one attached hydrogen (secondary N) is 2. The first kappa shape index (κ1) is 24.9. The molecule has 1 amide bonds. The number of pyridine rings is 1. The maximum absolute atomic E-state index is 12.4. The first-order valence-electron chi connectivity index (χ1n) is 11.9. The largest absolute Gasteiger partial charge is 0.477 e. The van der Waals surface area contributed by atoms with Gasteiger partial charge in [-0.2, -0.15) is 0 Å². The highest BCUT2D eigenvalue weighted by Crippen LogP contribution is 2.28. The van der Waals surface area contributed by atoms with E-state index in [1.54, 1.807) is 18.3 Å². The Morgan fingerprint density at radius 3 is 2.80 bits per heavy atom. The van der Waals surface area contributed by atoms with E-state index in [1.807, 2.05) is 25.1 Å². The van der Waals surface area contributed by atoms with E-state index in [4.69, 9.17) is 21.1 Å². The standard InChI is InChI=1S/C26H29ClN4O4/c1-2-3-23(32)28-14-18-4-6-21(27)20(12-18)26-30-22(13-24(33)31-26)19-5-7-25(29-15-19)35-16-17-8-10-34-11-9-17/h4-7,12-13,15,17H,2-3,8-11,14,16H2,1H3,(H,28,32)(H,30,31,33). The summed E-state index contributed by atoms with van der Waals surface area (Å²) in [5.41, 5.74) is 2.30. The van der Waals surface area contributed by atoms with Gasteiger partial charge in [-0.05, 0) is 48.9 Å². The Bertz CT molecular complexity index is 1210. The van der Waals surface area contributed by atoms with Gasteiger partial charge in [0.15, 0.2) is 0 Å². The van der Waals surface area contributed by atoms with Gasteiger partial charge in [-0.1, -0.05) is 24.6 Å². The Balaban J connectivity index is 1.50. The quantitative estimate of drug-likeness (QED) is 0.455. The number of ether oxygens (including phenoxy) is 2. The van der Waals surface area contributed by atoms with Crippen molar-refractivity contribution in [1.82, 2.24) is 20.3 Å². The van der Waals surface area contributed by atoms with Gasteiger partial charge in [-0.25, -0.2) is 9.97 Å². The third-order valence-electron chi connectivity index (χ3n) is 5.83. The summed E-state index contributed by atoms with van der Waals surface area (Å²) in [5.74, 6) is 1.35. The predicted octanol–water partition coefficient (Wildman–Crippen LogP) is 4.37. The molecule has 1 saturated heterocycles. The Kier molecular flexibility index (Phi) is 8.50. The van der Waals surface area contributed by atoms with Crippen LogP contribution in [0.1, 0.15) is 38.2 Å². The van der Waals surface area contributed by atoms with Gasteiger partial charge in [0.2, 0.25) is 11.8 Å². The molecule has 1 fully saturated rings. The van der Waals surface area contributed by atoms with Crippen molar-refractivity contribution in [3.63, 3.8) is 0 Å². The van der Waals surface area contributed by atoms with Gasteiger partial charge in [-0.3, -0.25) is 9.59 Å². The number of halogens is 1. The molecule has 9 heteroatoms. The van der Waals surface area contributed by atoms with Gasteiger partial charge in [0.1, 0.15) is 5.82 Å². The van der Waals surface area contributed by atoms with Crippen LogP contribution in [0.3, 0.4) is 0 Å². The number of hydrogen-bond acceptors (Lipinski definition) is 6. The number of hydrogen-bond donors (Lipinski definition) is 2. The molecule has 0 spiro atoms. The molecule has 2 N–H and O–H groups in total. The van der Waals surface area contributed by atoms with E-state index in [2.05, 4.69) is 20.3 Å². The zero-order valence-corrected chi connectivity index (χ0v) is 20.4. The van der Waals surface area contributed by atoms with Crippen molar-refractivity contribution in [2.45, 2.75) is 39.2 Å². The summed E-state index contributed by atoms with van der Waals surface area (Å²) in [5, 5.41) is 3.33. The molecule has 2 aromatic heterocycles. The summed E-state index contributed by atoms with van der Waals surface area (Å²) in [7, 11) is 0. The highest BCUT2D eigenvalue weighted by Gasteiger charge is 2.15. The molecule has 0 unspecified atom stereocenters. The molecular weight excluding hydrogens is 468 g/mol. The topological polar surface area (TPSA) is 106 Å². The summed E-state index contributed by atoms with van der Waals surface area (Å²) < 4.78 is 11.2. The van der Waals surface area contributed by atoms with E-state index in [-0.39, 0.29) is 11.5 Å².